The van der Waals surface area contributed by atoms with Gasteiger partial charge in [0.05, 0.1) is 15.7 Å². The van der Waals surface area contributed by atoms with Crippen molar-refractivity contribution in [1.82, 2.24) is 9.97 Å². The molecule has 4 heteroatoms. The van der Waals surface area contributed by atoms with Crippen LogP contribution in [0.15, 0.2) is 36.0 Å². The Morgan fingerprint density at radius 1 is 1.16 bits per heavy atom. The molecule has 0 fully saturated rings. The highest BCUT2D eigenvalue weighted by molar-refractivity contribution is 7.16. The normalized spacial score (nSPS) is 14.1. The first-order valence-corrected chi connectivity index (χ1v) is 7.23. The van der Waals surface area contributed by atoms with E-state index >= 15 is 0 Å². The van der Waals surface area contributed by atoms with Crippen molar-refractivity contribution < 1.29 is 0 Å². The van der Waals surface area contributed by atoms with Gasteiger partial charge in [-0.15, -0.1) is 11.3 Å². The molecule has 3 nitrogen and oxygen atoms in total. The predicted octanol–water partition coefficient (Wildman–Crippen LogP) is 3.35. The largest absolute Gasteiger partial charge is 0.359 e. The lowest BCUT2D eigenvalue weighted by molar-refractivity contribution is 0.945. The smallest absolute Gasteiger partial charge is 0.131 e. The number of likely N-dealkylation sites (N-methyl/N-ethyl adjacent to an activating group) is 1. The maximum atomic E-state index is 4.59. The summed E-state index contributed by atoms with van der Waals surface area (Å²) in [5.41, 5.74) is 6.69. The molecule has 0 saturated heterocycles. The van der Waals surface area contributed by atoms with Crippen LogP contribution in [0, 0.1) is 0 Å². The van der Waals surface area contributed by atoms with Crippen LogP contribution in [0.5, 0.6) is 0 Å². The second-order valence-electron chi connectivity index (χ2n) is 4.91. The molecule has 3 heterocycles. The van der Waals surface area contributed by atoms with Gasteiger partial charge in [0.2, 0.25) is 0 Å². The highest BCUT2D eigenvalue weighted by Crippen LogP contribution is 2.30. The maximum absolute atomic E-state index is 4.59. The van der Waals surface area contributed by atoms with E-state index in [0.29, 0.717) is 0 Å². The van der Waals surface area contributed by atoms with Gasteiger partial charge in [-0.3, -0.25) is 0 Å². The zero-order chi connectivity index (χ0) is 12.8. The predicted molar refractivity (Wildman–Crippen MR) is 79.8 cm³/mol. The lowest BCUT2D eigenvalue weighted by atomic mass is 10.0. The SMILES string of the molecule is CN1CCc2cc(-c3ccc4scnc4c3)cnc21. The van der Waals surface area contributed by atoms with Gasteiger partial charge in [-0.2, -0.15) is 0 Å². The summed E-state index contributed by atoms with van der Waals surface area (Å²) in [6.07, 6.45) is 3.06. The molecular weight excluding hydrogens is 254 g/mol. The second kappa shape index (κ2) is 4.03. The molecule has 0 N–H and O–H groups in total. The molecule has 0 saturated carbocycles. The van der Waals surface area contributed by atoms with E-state index in [1.54, 1.807) is 11.3 Å². The number of pyridine rings is 1. The maximum Gasteiger partial charge on any atom is 0.131 e. The van der Waals surface area contributed by atoms with E-state index in [-0.39, 0.29) is 0 Å². The fourth-order valence-electron chi connectivity index (χ4n) is 2.62. The van der Waals surface area contributed by atoms with Crippen molar-refractivity contribution in [2.75, 3.05) is 18.5 Å². The lowest BCUT2D eigenvalue weighted by Crippen LogP contribution is -2.13. The number of nitrogens with zero attached hydrogens (tertiary/aromatic N) is 3. The zero-order valence-electron chi connectivity index (χ0n) is 10.6. The van der Waals surface area contributed by atoms with Gasteiger partial charge in [-0.25, -0.2) is 9.97 Å². The Labute approximate surface area is 115 Å². The summed E-state index contributed by atoms with van der Waals surface area (Å²) in [5.74, 6) is 1.12. The van der Waals surface area contributed by atoms with Crippen molar-refractivity contribution >= 4 is 27.4 Å². The van der Waals surface area contributed by atoms with E-state index in [1.807, 2.05) is 11.7 Å². The van der Waals surface area contributed by atoms with Gasteiger partial charge in [0, 0.05) is 25.4 Å². The fourth-order valence-corrected chi connectivity index (χ4v) is 3.28. The van der Waals surface area contributed by atoms with Crippen molar-refractivity contribution in [3.8, 4) is 11.1 Å². The molecule has 1 aliphatic heterocycles. The first kappa shape index (κ1) is 10.9. The van der Waals surface area contributed by atoms with Crippen LogP contribution < -0.4 is 4.90 Å². The van der Waals surface area contributed by atoms with Crippen LogP contribution in [0.1, 0.15) is 5.56 Å². The molecule has 0 atom stereocenters. The molecule has 0 unspecified atom stereocenters. The highest BCUT2D eigenvalue weighted by atomic mass is 32.1. The van der Waals surface area contributed by atoms with E-state index < -0.39 is 0 Å². The number of rotatable bonds is 1. The van der Waals surface area contributed by atoms with Gasteiger partial charge in [0.25, 0.3) is 0 Å². The molecule has 19 heavy (non-hydrogen) atoms. The van der Waals surface area contributed by atoms with Crippen LogP contribution in [0.25, 0.3) is 21.3 Å². The Bertz CT molecular complexity index is 763. The van der Waals surface area contributed by atoms with E-state index in [9.17, 15) is 0 Å². The third-order valence-electron chi connectivity index (χ3n) is 3.68. The Balaban J connectivity index is 1.83. The minimum Gasteiger partial charge on any atom is -0.359 e. The van der Waals surface area contributed by atoms with Crippen LogP contribution >= 0.6 is 11.3 Å². The molecule has 0 amide bonds. The van der Waals surface area contributed by atoms with Gasteiger partial charge < -0.3 is 4.90 Å². The topological polar surface area (TPSA) is 29.0 Å². The Morgan fingerprint density at radius 3 is 3.05 bits per heavy atom. The van der Waals surface area contributed by atoms with Crippen molar-refractivity contribution in [3.05, 3.63) is 41.5 Å². The summed E-state index contributed by atoms with van der Waals surface area (Å²) in [6.45, 7) is 1.07. The quantitative estimate of drug-likeness (QED) is 0.677. The van der Waals surface area contributed by atoms with E-state index in [2.05, 4.69) is 46.2 Å². The molecule has 4 rings (SSSR count). The number of anilines is 1. The van der Waals surface area contributed by atoms with Crippen LogP contribution in [0.2, 0.25) is 0 Å². The van der Waals surface area contributed by atoms with Gasteiger partial charge >= 0.3 is 0 Å². The molecule has 2 aromatic heterocycles. The highest BCUT2D eigenvalue weighted by Gasteiger charge is 2.17. The average molecular weight is 267 g/mol. The summed E-state index contributed by atoms with van der Waals surface area (Å²) >= 11 is 1.68. The van der Waals surface area contributed by atoms with E-state index in [0.717, 1.165) is 24.3 Å². The number of hydrogen-bond acceptors (Lipinski definition) is 4. The van der Waals surface area contributed by atoms with Crippen molar-refractivity contribution in [3.63, 3.8) is 0 Å². The fraction of sp³-hybridized carbons (Fsp3) is 0.200. The Hall–Kier alpha value is -1.94. The van der Waals surface area contributed by atoms with Gasteiger partial charge in [-0.05, 0) is 35.7 Å². The molecule has 0 aliphatic carbocycles. The van der Waals surface area contributed by atoms with Crippen LogP contribution in [-0.4, -0.2) is 23.6 Å². The van der Waals surface area contributed by atoms with Crippen molar-refractivity contribution in [2.45, 2.75) is 6.42 Å². The van der Waals surface area contributed by atoms with Crippen LogP contribution in [0.4, 0.5) is 5.82 Å². The summed E-state index contributed by atoms with van der Waals surface area (Å²) < 4.78 is 1.23. The number of benzene rings is 1. The molecule has 1 aromatic carbocycles. The number of aromatic nitrogens is 2. The first-order valence-electron chi connectivity index (χ1n) is 6.35. The van der Waals surface area contributed by atoms with E-state index in [4.69, 9.17) is 0 Å². The molecule has 0 bridgehead atoms. The summed E-state index contributed by atoms with van der Waals surface area (Å²) in [7, 11) is 2.10. The van der Waals surface area contributed by atoms with Gasteiger partial charge in [-0.1, -0.05) is 6.07 Å². The van der Waals surface area contributed by atoms with Crippen LogP contribution in [-0.2, 0) is 6.42 Å². The molecule has 0 radical (unpaired) electrons. The van der Waals surface area contributed by atoms with Gasteiger partial charge in [0.15, 0.2) is 0 Å². The Kier molecular flexibility index (Phi) is 2.32. The average Bonchev–Trinajstić information content (AvgIpc) is 3.04. The minimum atomic E-state index is 1.07. The summed E-state index contributed by atoms with van der Waals surface area (Å²) in [6, 6.07) is 8.71. The molecular formula is C15H13N3S. The summed E-state index contributed by atoms with van der Waals surface area (Å²) in [5, 5.41) is 0. The summed E-state index contributed by atoms with van der Waals surface area (Å²) in [4.78, 5) is 11.2. The monoisotopic (exact) mass is 267 g/mol. The Morgan fingerprint density at radius 2 is 2.11 bits per heavy atom. The first-order chi connectivity index (χ1) is 9.31. The molecule has 94 valence electrons. The number of fused-ring (bicyclic) bond motifs is 2. The molecule has 1 aliphatic rings. The minimum absolute atomic E-state index is 1.07. The third kappa shape index (κ3) is 1.71. The molecule has 3 aromatic rings. The third-order valence-corrected chi connectivity index (χ3v) is 4.49. The lowest BCUT2D eigenvalue weighted by Gasteiger charge is -2.10. The van der Waals surface area contributed by atoms with Gasteiger partial charge in [0.1, 0.15) is 5.82 Å². The van der Waals surface area contributed by atoms with E-state index in [1.165, 1.54) is 21.4 Å². The van der Waals surface area contributed by atoms with Crippen molar-refractivity contribution in [2.24, 2.45) is 0 Å². The zero-order valence-corrected chi connectivity index (χ0v) is 11.4. The second-order valence-corrected chi connectivity index (χ2v) is 5.80. The van der Waals surface area contributed by atoms with Crippen LogP contribution in [0.3, 0.4) is 0 Å². The number of thiazole rings is 1. The standard InChI is InChI=1S/C15H13N3S/c1-18-5-4-11-6-12(8-16-15(11)18)10-2-3-14-13(7-10)17-9-19-14/h2-3,6-9H,4-5H2,1H3. The number of hydrogen-bond donors (Lipinski definition) is 0. The van der Waals surface area contributed by atoms with Crippen molar-refractivity contribution in [1.29, 1.82) is 0 Å². The molecule has 0 spiro atoms.